The van der Waals surface area contributed by atoms with Gasteiger partial charge in [0.2, 0.25) is 0 Å². The fraction of sp³-hybridized carbons (Fsp3) is 0.500. The second kappa shape index (κ2) is 6.65. The predicted molar refractivity (Wildman–Crippen MR) is 70.3 cm³/mol. The molecule has 0 aliphatic carbocycles. The zero-order valence-electron chi connectivity index (χ0n) is 11.2. The van der Waals surface area contributed by atoms with E-state index in [4.69, 9.17) is 14.9 Å². The molecule has 0 bridgehead atoms. The lowest BCUT2D eigenvalue weighted by atomic mass is 9.97. The van der Waals surface area contributed by atoms with Crippen LogP contribution in [0, 0.1) is 0 Å². The minimum absolute atomic E-state index is 0.278. The second-order valence-electron chi connectivity index (χ2n) is 4.89. The zero-order valence-corrected chi connectivity index (χ0v) is 11.2. The van der Waals surface area contributed by atoms with Crippen LogP contribution in [0.4, 0.5) is 0 Å². The van der Waals surface area contributed by atoms with Gasteiger partial charge >= 0.3 is 0 Å². The third-order valence-corrected chi connectivity index (χ3v) is 2.60. The van der Waals surface area contributed by atoms with Crippen molar-refractivity contribution in [3.63, 3.8) is 0 Å². The van der Waals surface area contributed by atoms with Gasteiger partial charge in [-0.25, -0.2) is 0 Å². The molecule has 1 aromatic rings. The van der Waals surface area contributed by atoms with E-state index in [1.807, 2.05) is 0 Å². The first-order valence-electron chi connectivity index (χ1n) is 6.13. The summed E-state index contributed by atoms with van der Waals surface area (Å²) < 4.78 is 5.35. The summed E-state index contributed by atoms with van der Waals surface area (Å²) in [6.07, 6.45) is -0.447. The number of ketones is 1. The number of Topliss-reactive ketones (excluding diaryl/α,β-unsaturated/α-hetero) is 1. The molecular formula is C14H20O5. The first-order valence-corrected chi connectivity index (χ1v) is 6.13. The molecule has 1 rings (SSSR count). The SMILES string of the molecule is CC(C)(O)C(=O)c1ccc(OCCC(O)CO)cc1. The van der Waals surface area contributed by atoms with E-state index in [-0.39, 0.29) is 19.0 Å². The number of hydrogen-bond donors (Lipinski definition) is 3. The number of carbonyl (C=O) groups is 1. The Morgan fingerprint density at radius 1 is 1.32 bits per heavy atom. The Labute approximate surface area is 112 Å². The molecule has 106 valence electrons. The molecule has 0 amide bonds. The summed E-state index contributed by atoms with van der Waals surface area (Å²) >= 11 is 0. The largest absolute Gasteiger partial charge is 0.493 e. The molecule has 0 saturated carbocycles. The Morgan fingerprint density at radius 3 is 2.37 bits per heavy atom. The van der Waals surface area contributed by atoms with Crippen molar-refractivity contribution in [1.82, 2.24) is 0 Å². The van der Waals surface area contributed by atoms with E-state index in [2.05, 4.69) is 0 Å². The number of benzene rings is 1. The first kappa shape index (κ1) is 15.6. The molecule has 5 heteroatoms. The summed E-state index contributed by atoms with van der Waals surface area (Å²) in [5.74, 6) is 0.215. The smallest absolute Gasteiger partial charge is 0.193 e. The maximum absolute atomic E-state index is 11.8. The van der Waals surface area contributed by atoms with Gasteiger partial charge in [0.1, 0.15) is 11.4 Å². The number of rotatable bonds is 7. The molecule has 0 heterocycles. The van der Waals surface area contributed by atoms with Gasteiger partial charge in [-0.05, 0) is 38.1 Å². The predicted octanol–water partition coefficient (Wildman–Crippen LogP) is 0.762. The van der Waals surface area contributed by atoms with Crippen molar-refractivity contribution in [3.8, 4) is 5.75 Å². The summed E-state index contributed by atoms with van der Waals surface area (Å²) in [5, 5.41) is 27.4. The Hall–Kier alpha value is -1.43. The highest BCUT2D eigenvalue weighted by molar-refractivity contribution is 6.01. The molecule has 0 fully saturated rings. The molecule has 1 aromatic carbocycles. The molecule has 0 saturated heterocycles. The Bertz CT molecular complexity index is 405. The van der Waals surface area contributed by atoms with Crippen LogP contribution >= 0.6 is 0 Å². The third-order valence-electron chi connectivity index (χ3n) is 2.60. The zero-order chi connectivity index (χ0) is 14.5. The molecule has 0 spiro atoms. The van der Waals surface area contributed by atoms with E-state index in [9.17, 15) is 9.90 Å². The number of aliphatic hydroxyl groups is 3. The molecule has 19 heavy (non-hydrogen) atoms. The second-order valence-corrected chi connectivity index (χ2v) is 4.89. The summed E-state index contributed by atoms with van der Waals surface area (Å²) in [4.78, 5) is 11.8. The number of carbonyl (C=O) groups excluding carboxylic acids is 1. The van der Waals surface area contributed by atoms with E-state index in [0.29, 0.717) is 17.7 Å². The van der Waals surface area contributed by atoms with Crippen LogP contribution in [0.25, 0.3) is 0 Å². The fourth-order valence-corrected chi connectivity index (χ4v) is 1.46. The molecule has 0 aliphatic rings. The first-order chi connectivity index (χ1) is 8.84. The number of ether oxygens (including phenoxy) is 1. The minimum Gasteiger partial charge on any atom is -0.493 e. The van der Waals surface area contributed by atoms with Crippen LogP contribution in [0.1, 0.15) is 30.6 Å². The molecular weight excluding hydrogens is 248 g/mol. The highest BCUT2D eigenvalue weighted by Gasteiger charge is 2.24. The summed E-state index contributed by atoms with van der Waals surface area (Å²) in [6.45, 7) is 2.87. The van der Waals surface area contributed by atoms with Crippen molar-refractivity contribution in [1.29, 1.82) is 0 Å². The van der Waals surface area contributed by atoms with Gasteiger partial charge in [-0.2, -0.15) is 0 Å². The van der Waals surface area contributed by atoms with Gasteiger partial charge < -0.3 is 20.1 Å². The van der Waals surface area contributed by atoms with Crippen LogP contribution in [-0.2, 0) is 0 Å². The summed E-state index contributed by atoms with van der Waals surface area (Å²) in [6, 6.07) is 6.42. The van der Waals surface area contributed by atoms with Gasteiger partial charge in [-0.15, -0.1) is 0 Å². The van der Waals surface area contributed by atoms with Crippen LogP contribution in [0.15, 0.2) is 24.3 Å². The molecule has 0 aliphatic heterocycles. The van der Waals surface area contributed by atoms with Gasteiger partial charge in [0.05, 0.1) is 19.3 Å². The Kier molecular flexibility index (Phi) is 5.47. The highest BCUT2D eigenvalue weighted by Crippen LogP contribution is 2.17. The minimum atomic E-state index is -1.40. The van der Waals surface area contributed by atoms with Crippen LogP contribution in [0.2, 0.25) is 0 Å². The Balaban J connectivity index is 2.55. The van der Waals surface area contributed by atoms with Gasteiger partial charge in [-0.1, -0.05) is 0 Å². The quantitative estimate of drug-likeness (QED) is 0.636. The maximum Gasteiger partial charge on any atom is 0.193 e. The maximum atomic E-state index is 11.8. The van der Waals surface area contributed by atoms with Crippen molar-refractivity contribution < 1.29 is 24.9 Å². The average Bonchev–Trinajstić information content (AvgIpc) is 2.37. The van der Waals surface area contributed by atoms with E-state index in [0.717, 1.165) is 0 Å². The topological polar surface area (TPSA) is 87.0 Å². The van der Waals surface area contributed by atoms with Crippen molar-refractivity contribution in [2.75, 3.05) is 13.2 Å². The average molecular weight is 268 g/mol. The monoisotopic (exact) mass is 268 g/mol. The van der Waals surface area contributed by atoms with Crippen LogP contribution in [0.5, 0.6) is 5.75 Å². The van der Waals surface area contributed by atoms with E-state index < -0.39 is 11.7 Å². The van der Waals surface area contributed by atoms with E-state index in [1.165, 1.54) is 13.8 Å². The van der Waals surface area contributed by atoms with E-state index >= 15 is 0 Å². The molecule has 5 nitrogen and oxygen atoms in total. The molecule has 1 atom stereocenters. The van der Waals surface area contributed by atoms with Gasteiger partial charge in [0.25, 0.3) is 0 Å². The lowest BCUT2D eigenvalue weighted by Crippen LogP contribution is -2.30. The van der Waals surface area contributed by atoms with Crippen molar-refractivity contribution in [2.24, 2.45) is 0 Å². The van der Waals surface area contributed by atoms with Crippen LogP contribution < -0.4 is 4.74 Å². The molecule has 3 N–H and O–H groups in total. The number of hydrogen-bond acceptors (Lipinski definition) is 5. The third kappa shape index (κ3) is 4.98. The summed E-state index contributed by atoms with van der Waals surface area (Å²) in [7, 11) is 0. The molecule has 1 unspecified atom stereocenters. The lowest BCUT2D eigenvalue weighted by Gasteiger charge is -2.15. The van der Waals surface area contributed by atoms with Gasteiger partial charge in [0.15, 0.2) is 5.78 Å². The standard InChI is InChI=1S/C14H20O5/c1-14(2,18)13(17)10-3-5-12(6-4-10)19-8-7-11(16)9-15/h3-6,11,15-16,18H,7-9H2,1-2H3. The van der Waals surface area contributed by atoms with Crippen molar-refractivity contribution in [3.05, 3.63) is 29.8 Å². The van der Waals surface area contributed by atoms with Gasteiger partial charge in [0, 0.05) is 12.0 Å². The van der Waals surface area contributed by atoms with Crippen LogP contribution in [0.3, 0.4) is 0 Å². The normalized spacial score (nSPS) is 13.1. The van der Waals surface area contributed by atoms with Crippen molar-refractivity contribution in [2.45, 2.75) is 32.0 Å². The van der Waals surface area contributed by atoms with Gasteiger partial charge in [-0.3, -0.25) is 4.79 Å². The lowest BCUT2D eigenvalue weighted by molar-refractivity contribution is 0.0488. The van der Waals surface area contributed by atoms with E-state index in [1.54, 1.807) is 24.3 Å². The Morgan fingerprint density at radius 2 is 1.89 bits per heavy atom. The summed E-state index contributed by atoms with van der Waals surface area (Å²) in [5.41, 5.74) is -0.983. The highest BCUT2D eigenvalue weighted by atomic mass is 16.5. The molecule has 0 radical (unpaired) electrons. The fourth-order valence-electron chi connectivity index (χ4n) is 1.46. The molecule has 0 aromatic heterocycles. The number of aliphatic hydroxyl groups excluding tert-OH is 2. The van der Waals surface area contributed by atoms with Crippen molar-refractivity contribution >= 4 is 5.78 Å². The van der Waals surface area contributed by atoms with Crippen LogP contribution in [-0.4, -0.2) is 46.0 Å².